The van der Waals surface area contributed by atoms with Crippen molar-refractivity contribution < 1.29 is 4.79 Å². The summed E-state index contributed by atoms with van der Waals surface area (Å²) in [5.74, 6) is 0.604. The van der Waals surface area contributed by atoms with Crippen LogP contribution in [0.4, 0.5) is 16.3 Å². The number of hydrogen-bond acceptors (Lipinski definition) is 4. The van der Waals surface area contributed by atoms with Gasteiger partial charge in [-0.05, 0) is 31.2 Å². The Balaban J connectivity index is 1.94. The van der Waals surface area contributed by atoms with Crippen molar-refractivity contribution in [1.29, 1.82) is 0 Å². The number of rotatable bonds is 3. The van der Waals surface area contributed by atoms with Crippen molar-refractivity contribution >= 4 is 29.1 Å². The zero-order valence-corrected chi connectivity index (χ0v) is 16.8. The molecule has 0 fully saturated rings. The second-order valence-electron chi connectivity index (χ2n) is 7.37. The van der Waals surface area contributed by atoms with Gasteiger partial charge in [-0.1, -0.05) is 32.4 Å². The number of benzene rings is 1. The van der Waals surface area contributed by atoms with Crippen LogP contribution in [0.5, 0.6) is 0 Å². The summed E-state index contributed by atoms with van der Waals surface area (Å²) in [6.07, 6.45) is 0. The SMILES string of the molecule is Cc1cc(=O)[nH]c(-n2nc(C(C)(C)C)cc2NC(=O)Nc2ccc(Cl)cc2)n1. The third-order valence-corrected chi connectivity index (χ3v) is 4.13. The number of aromatic nitrogens is 4. The van der Waals surface area contributed by atoms with Crippen LogP contribution in [0.3, 0.4) is 0 Å². The van der Waals surface area contributed by atoms with Gasteiger partial charge in [-0.15, -0.1) is 0 Å². The minimum atomic E-state index is -0.459. The molecule has 2 heterocycles. The van der Waals surface area contributed by atoms with E-state index in [1.54, 1.807) is 37.3 Å². The van der Waals surface area contributed by atoms with Gasteiger partial charge in [-0.2, -0.15) is 9.78 Å². The predicted molar refractivity (Wildman–Crippen MR) is 110 cm³/mol. The van der Waals surface area contributed by atoms with E-state index in [9.17, 15) is 9.59 Å². The number of amides is 2. The first-order chi connectivity index (χ1) is 13.1. The van der Waals surface area contributed by atoms with Gasteiger partial charge in [0.05, 0.1) is 5.69 Å². The zero-order valence-electron chi connectivity index (χ0n) is 16.0. The number of nitrogens with zero attached hydrogens (tertiary/aromatic N) is 3. The van der Waals surface area contributed by atoms with E-state index in [0.717, 1.165) is 5.69 Å². The number of halogens is 1. The van der Waals surface area contributed by atoms with Crippen LogP contribution in [0, 0.1) is 6.92 Å². The van der Waals surface area contributed by atoms with Gasteiger partial charge in [0.1, 0.15) is 5.82 Å². The molecular weight excluding hydrogens is 380 g/mol. The molecule has 0 saturated carbocycles. The van der Waals surface area contributed by atoms with E-state index in [1.807, 2.05) is 20.8 Å². The number of H-pyrrole nitrogens is 1. The van der Waals surface area contributed by atoms with Gasteiger partial charge in [-0.25, -0.2) is 9.78 Å². The molecule has 0 bridgehead atoms. The monoisotopic (exact) mass is 400 g/mol. The molecule has 2 aromatic heterocycles. The summed E-state index contributed by atoms with van der Waals surface area (Å²) in [4.78, 5) is 31.3. The number of urea groups is 1. The number of aryl methyl sites for hydroxylation is 1. The zero-order chi connectivity index (χ0) is 20.5. The first-order valence-electron chi connectivity index (χ1n) is 8.64. The molecule has 0 radical (unpaired) electrons. The Labute approximate surface area is 167 Å². The molecule has 146 valence electrons. The molecule has 3 aromatic rings. The summed E-state index contributed by atoms with van der Waals surface area (Å²) >= 11 is 5.86. The predicted octanol–water partition coefficient (Wildman–Crippen LogP) is 3.86. The number of aromatic amines is 1. The van der Waals surface area contributed by atoms with Gasteiger partial charge in [0.25, 0.3) is 5.56 Å². The maximum atomic E-state index is 12.5. The molecule has 3 N–H and O–H groups in total. The van der Waals surface area contributed by atoms with Crippen molar-refractivity contribution in [3.05, 3.63) is 63.2 Å². The molecule has 1 aromatic carbocycles. The first kappa shape index (κ1) is 19.6. The molecule has 9 heteroatoms. The maximum Gasteiger partial charge on any atom is 0.324 e. The highest BCUT2D eigenvalue weighted by Gasteiger charge is 2.22. The van der Waals surface area contributed by atoms with Crippen LogP contribution in [0.25, 0.3) is 5.95 Å². The lowest BCUT2D eigenvalue weighted by atomic mass is 9.92. The molecule has 0 aliphatic rings. The van der Waals surface area contributed by atoms with E-state index >= 15 is 0 Å². The summed E-state index contributed by atoms with van der Waals surface area (Å²) < 4.78 is 1.41. The van der Waals surface area contributed by atoms with E-state index in [4.69, 9.17) is 11.6 Å². The van der Waals surface area contributed by atoms with Crippen LogP contribution in [-0.4, -0.2) is 25.8 Å². The number of hydrogen-bond donors (Lipinski definition) is 3. The molecule has 8 nitrogen and oxygen atoms in total. The molecule has 3 rings (SSSR count). The lowest BCUT2D eigenvalue weighted by Crippen LogP contribution is -2.22. The Morgan fingerprint density at radius 3 is 2.43 bits per heavy atom. The molecule has 28 heavy (non-hydrogen) atoms. The number of anilines is 2. The van der Waals surface area contributed by atoms with Gasteiger partial charge in [0, 0.05) is 34.0 Å². The van der Waals surface area contributed by atoms with Crippen molar-refractivity contribution in [1.82, 2.24) is 19.7 Å². The largest absolute Gasteiger partial charge is 0.324 e. The fourth-order valence-corrected chi connectivity index (χ4v) is 2.60. The van der Waals surface area contributed by atoms with E-state index in [2.05, 4.69) is 25.7 Å². The van der Waals surface area contributed by atoms with Gasteiger partial charge in [-0.3, -0.25) is 15.1 Å². The van der Waals surface area contributed by atoms with Crippen LogP contribution in [0.15, 0.2) is 41.2 Å². The quantitative estimate of drug-likeness (QED) is 0.620. The van der Waals surface area contributed by atoms with Crippen LogP contribution in [-0.2, 0) is 5.41 Å². The Morgan fingerprint density at radius 1 is 1.14 bits per heavy atom. The Kier molecular flexibility index (Phi) is 5.24. The van der Waals surface area contributed by atoms with Crippen molar-refractivity contribution in [2.75, 3.05) is 10.6 Å². The second kappa shape index (κ2) is 7.47. The summed E-state index contributed by atoms with van der Waals surface area (Å²) in [6.45, 7) is 7.73. The third kappa shape index (κ3) is 4.58. The van der Waals surface area contributed by atoms with E-state index in [0.29, 0.717) is 22.2 Å². The summed E-state index contributed by atoms with van der Waals surface area (Å²) in [5, 5.41) is 10.6. The lowest BCUT2D eigenvalue weighted by Gasteiger charge is -2.13. The minimum absolute atomic E-state index is 0.224. The van der Waals surface area contributed by atoms with E-state index in [1.165, 1.54) is 10.7 Å². The fraction of sp³-hybridized carbons (Fsp3) is 0.263. The van der Waals surface area contributed by atoms with Crippen molar-refractivity contribution in [3.8, 4) is 5.95 Å². The van der Waals surface area contributed by atoms with Gasteiger partial charge in [0.2, 0.25) is 5.95 Å². The van der Waals surface area contributed by atoms with E-state index in [-0.39, 0.29) is 16.9 Å². The van der Waals surface area contributed by atoms with Crippen LogP contribution in [0.1, 0.15) is 32.2 Å². The van der Waals surface area contributed by atoms with Gasteiger partial charge >= 0.3 is 6.03 Å². The summed E-state index contributed by atoms with van der Waals surface area (Å²) in [7, 11) is 0. The highest BCUT2D eigenvalue weighted by molar-refractivity contribution is 6.30. The van der Waals surface area contributed by atoms with Gasteiger partial charge < -0.3 is 5.32 Å². The summed E-state index contributed by atoms with van der Waals surface area (Å²) in [5.41, 5.74) is 1.30. The third-order valence-electron chi connectivity index (χ3n) is 3.88. The molecular formula is C19H21ClN6O2. The number of carbonyl (C=O) groups is 1. The Hall–Kier alpha value is -3.13. The standard InChI is InChI=1S/C19H21ClN6O2/c1-11-9-16(27)24-17(21-11)26-15(10-14(25-26)19(2,3)4)23-18(28)22-13-7-5-12(20)6-8-13/h5-10H,1-4H3,(H,21,24,27)(H2,22,23,28). The molecule has 0 unspecified atom stereocenters. The van der Waals surface area contributed by atoms with Crippen molar-refractivity contribution in [2.45, 2.75) is 33.1 Å². The second-order valence-corrected chi connectivity index (χ2v) is 7.81. The molecule has 0 aliphatic heterocycles. The average molecular weight is 401 g/mol. The summed E-state index contributed by atoms with van der Waals surface area (Å²) in [6, 6.07) is 9.43. The fourth-order valence-electron chi connectivity index (χ4n) is 2.47. The van der Waals surface area contributed by atoms with Gasteiger partial charge in [0.15, 0.2) is 0 Å². The van der Waals surface area contributed by atoms with Crippen LogP contribution >= 0.6 is 11.6 Å². The molecule has 0 saturated heterocycles. The Bertz CT molecular complexity index is 1060. The minimum Gasteiger partial charge on any atom is -0.308 e. The maximum absolute atomic E-state index is 12.5. The lowest BCUT2D eigenvalue weighted by molar-refractivity contribution is 0.262. The Morgan fingerprint density at radius 2 is 1.82 bits per heavy atom. The topological polar surface area (TPSA) is 105 Å². The molecule has 0 atom stereocenters. The molecule has 2 amide bonds. The average Bonchev–Trinajstić information content (AvgIpc) is 3.00. The van der Waals surface area contributed by atoms with Crippen molar-refractivity contribution in [2.24, 2.45) is 0 Å². The van der Waals surface area contributed by atoms with Crippen LogP contribution < -0.4 is 16.2 Å². The van der Waals surface area contributed by atoms with Crippen molar-refractivity contribution in [3.63, 3.8) is 0 Å². The smallest absolute Gasteiger partial charge is 0.308 e. The molecule has 0 spiro atoms. The van der Waals surface area contributed by atoms with E-state index < -0.39 is 6.03 Å². The normalized spacial score (nSPS) is 11.3. The van der Waals surface area contributed by atoms with Crippen LogP contribution in [0.2, 0.25) is 5.02 Å². The highest BCUT2D eigenvalue weighted by atomic mass is 35.5. The highest BCUT2D eigenvalue weighted by Crippen LogP contribution is 2.25. The number of carbonyl (C=O) groups excluding carboxylic acids is 1. The molecule has 0 aliphatic carbocycles. The first-order valence-corrected chi connectivity index (χ1v) is 9.02. The number of nitrogens with one attached hydrogen (secondary N) is 3.